The lowest BCUT2D eigenvalue weighted by Gasteiger charge is -2.03. The summed E-state index contributed by atoms with van der Waals surface area (Å²) in [6, 6.07) is 8.43. The van der Waals surface area contributed by atoms with Gasteiger partial charge in [-0.1, -0.05) is 11.6 Å². The van der Waals surface area contributed by atoms with Crippen LogP contribution in [-0.2, 0) is 0 Å². The fourth-order valence-electron chi connectivity index (χ4n) is 1.65. The zero-order valence-electron chi connectivity index (χ0n) is 9.29. The average Bonchev–Trinajstić information content (AvgIpc) is 2.67. The van der Waals surface area contributed by atoms with Gasteiger partial charge in [0.05, 0.1) is 5.69 Å². The second kappa shape index (κ2) is 4.47. The molecule has 0 bridgehead atoms. The van der Waals surface area contributed by atoms with E-state index in [0.717, 1.165) is 0 Å². The fraction of sp³-hybridized carbons (Fsp3) is 0.0909. The molecule has 2 aromatic rings. The highest BCUT2D eigenvalue weighted by Gasteiger charge is 2.25. The predicted molar refractivity (Wildman–Crippen MR) is 64.7 cm³/mol. The number of halogens is 1. The molecule has 0 amide bonds. The van der Waals surface area contributed by atoms with Gasteiger partial charge >= 0.3 is 5.82 Å². The van der Waals surface area contributed by atoms with Crippen LogP contribution in [0.3, 0.4) is 0 Å². The highest BCUT2D eigenvalue weighted by atomic mass is 35.5. The summed E-state index contributed by atoms with van der Waals surface area (Å²) in [5.41, 5.74) is 0.508. The van der Waals surface area contributed by atoms with E-state index in [1.165, 1.54) is 4.57 Å². The molecule has 0 saturated carbocycles. The molecule has 0 saturated heterocycles. The molecular formula is C11H7ClN4O2. The van der Waals surface area contributed by atoms with E-state index in [1.54, 1.807) is 37.3 Å². The van der Waals surface area contributed by atoms with E-state index >= 15 is 0 Å². The summed E-state index contributed by atoms with van der Waals surface area (Å²) in [7, 11) is 0. The second-order valence-corrected chi connectivity index (χ2v) is 3.95. The molecule has 0 N–H and O–H groups in total. The van der Waals surface area contributed by atoms with Crippen LogP contribution in [0.15, 0.2) is 24.3 Å². The molecule has 7 heteroatoms. The van der Waals surface area contributed by atoms with Crippen LogP contribution in [0.2, 0.25) is 5.02 Å². The van der Waals surface area contributed by atoms with Crippen molar-refractivity contribution in [1.29, 1.82) is 5.26 Å². The Morgan fingerprint density at radius 1 is 1.44 bits per heavy atom. The zero-order valence-corrected chi connectivity index (χ0v) is 10.0. The molecule has 0 atom stereocenters. The lowest BCUT2D eigenvalue weighted by molar-refractivity contribution is -0.389. The van der Waals surface area contributed by atoms with Crippen molar-refractivity contribution >= 4 is 17.4 Å². The molecule has 1 aromatic heterocycles. The maximum Gasteiger partial charge on any atom is 0.400 e. The number of nitriles is 1. The van der Waals surface area contributed by atoms with Gasteiger partial charge in [0.25, 0.3) is 0 Å². The molecule has 0 unspecified atom stereocenters. The molecule has 2 rings (SSSR count). The summed E-state index contributed by atoms with van der Waals surface area (Å²) in [6.07, 6.45) is 0. The molecule has 18 heavy (non-hydrogen) atoms. The minimum Gasteiger partial charge on any atom is -0.358 e. The van der Waals surface area contributed by atoms with Gasteiger partial charge in [0.15, 0.2) is 0 Å². The van der Waals surface area contributed by atoms with E-state index in [2.05, 4.69) is 4.98 Å². The summed E-state index contributed by atoms with van der Waals surface area (Å²) >= 11 is 5.77. The summed E-state index contributed by atoms with van der Waals surface area (Å²) in [6.45, 7) is 1.60. The largest absolute Gasteiger partial charge is 0.400 e. The maximum absolute atomic E-state index is 10.8. The third kappa shape index (κ3) is 1.92. The standard InChI is InChI=1S/C11H7ClN4O2/c1-7-14-11(16(17)18)10(6-13)15(7)9-4-2-8(12)3-5-9/h2-5H,1H3. The number of aryl methyl sites for hydroxylation is 1. The smallest absolute Gasteiger partial charge is 0.358 e. The maximum atomic E-state index is 10.8. The molecule has 0 aliphatic carbocycles. The van der Waals surface area contributed by atoms with Crippen LogP contribution >= 0.6 is 11.6 Å². The number of benzene rings is 1. The molecule has 90 valence electrons. The van der Waals surface area contributed by atoms with Crippen LogP contribution in [0.1, 0.15) is 11.5 Å². The van der Waals surface area contributed by atoms with Crippen molar-refractivity contribution in [3.8, 4) is 11.8 Å². The van der Waals surface area contributed by atoms with E-state index in [0.29, 0.717) is 16.5 Å². The van der Waals surface area contributed by atoms with Crippen LogP contribution in [0.5, 0.6) is 0 Å². The lowest BCUT2D eigenvalue weighted by Crippen LogP contribution is -2.00. The number of nitro groups is 1. The van der Waals surface area contributed by atoms with Crippen LogP contribution in [0.25, 0.3) is 5.69 Å². The minimum absolute atomic E-state index is 0.0974. The molecule has 0 radical (unpaired) electrons. The quantitative estimate of drug-likeness (QED) is 0.615. The van der Waals surface area contributed by atoms with Gasteiger partial charge in [-0.2, -0.15) is 5.26 Å². The van der Waals surface area contributed by atoms with Gasteiger partial charge in [-0.3, -0.25) is 4.57 Å². The Bertz CT molecular complexity index is 655. The molecule has 0 fully saturated rings. The number of hydrogen-bond donors (Lipinski definition) is 0. The fourth-order valence-corrected chi connectivity index (χ4v) is 1.78. The van der Waals surface area contributed by atoms with Crippen molar-refractivity contribution in [1.82, 2.24) is 9.55 Å². The van der Waals surface area contributed by atoms with Crippen LogP contribution in [0, 0.1) is 28.4 Å². The number of nitrogens with zero attached hydrogens (tertiary/aromatic N) is 4. The van der Waals surface area contributed by atoms with Crippen molar-refractivity contribution < 1.29 is 4.92 Å². The summed E-state index contributed by atoms with van der Waals surface area (Å²) in [5.74, 6) is -0.0643. The average molecular weight is 263 g/mol. The zero-order chi connectivity index (χ0) is 13.3. The van der Waals surface area contributed by atoms with Gasteiger partial charge < -0.3 is 10.1 Å². The minimum atomic E-state index is -0.669. The van der Waals surface area contributed by atoms with Gasteiger partial charge in [0, 0.05) is 11.9 Å². The van der Waals surface area contributed by atoms with Crippen LogP contribution < -0.4 is 0 Å². The first kappa shape index (κ1) is 12.1. The summed E-state index contributed by atoms with van der Waals surface area (Å²) in [5, 5.41) is 20.4. The molecule has 6 nitrogen and oxygen atoms in total. The highest BCUT2D eigenvalue weighted by molar-refractivity contribution is 6.30. The van der Waals surface area contributed by atoms with Gasteiger partial charge in [0.2, 0.25) is 11.5 Å². The van der Waals surface area contributed by atoms with Crippen molar-refractivity contribution in [2.24, 2.45) is 0 Å². The molecule has 0 spiro atoms. The highest BCUT2D eigenvalue weighted by Crippen LogP contribution is 2.23. The first-order chi connectivity index (χ1) is 8.54. The van der Waals surface area contributed by atoms with E-state index in [-0.39, 0.29) is 5.69 Å². The van der Waals surface area contributed by atoms with E-state index < -0.39 is 10.7 Å². The Morgan fingerprint density at radius 3 is 2.56 bits per heavy atom. The Labute approximate surface area is 107 Å². The molecule has 0 aliphatic heterocycles. The molecule has 1 heterocycles. The Kier molecular flexibility index (Phi) is 3.00. The van der Waals surface area contributed by atoms with Gasteiger partial charge in [-0.25, -0.2) is 0 Å². The first-order valence-corrected chi connectivity index (χ1v) is 5.32. The Hall–Kier alpha value is -2.39. The number of hydrogen-bond acceptors (Lipinski definition) is 4. The molecule has 0 aliphatic rings. The summed E-state index contributed by atoms with van der Waals surface area (Å²) < 4.78 is 1.43. The Morgan fingerprint density at radius 2 is 2.06 bits per heavy atom. The summed E-state index contributed by atoms with van der Waals surface area (Å²) in [4.78, 5) is 13.9. The number of aromatic nitrogens is 2. The van der Waals surface area contributed by atoms with E-state index in [1.807, 2.05) is 0 Å². The SMILES string of the molecule is Cc1nc([N+](=O)[O-])c(C#N)n1-c1ccc(Cl)cc1. The van der Waals surface area contributed by atoms with Gasteiger partial charge in [0.1, 0.15) is 6.07 Å². The third-order valence-corrected chi connectivity index (χ3v) is 2.64. The van der Waals surface area contributed by atoms with Crippen LogP contribution in [-0.4, -0.2) is 14.5 Å². The lowest BCUT2D eigenvalue weighted by atomic mass is 10.3. The number of rotatable bonds is 2. The third-order valence-electron chi connectivity index (χ3n) is 2.39. The van der Waals surface area contributed by atoms with Crippen molar-refractivity contribution in [3.63, 3.8) is 0 Å². The van der Waals surface area contributed by atoms with Crippen molar-refractivity contribution in [2.75, 3.05) is 0 Å². The first-order valence-electron chi connectivity index (χ1n) is 4.94. The second-order valence-electron chi connectivity index (χ2n) is 3.51. The van der Waals surface area contributed by atoms with Crippen LogP contribution in [0.4, 0.5) is 5.82 Å². The van der Waals surface area contributed by atoms with E-state index in [9.17, 15) is 10.1 Å². The van der Waals surface area contributed by atoms with Crippen molar-refractivity contribution in [3.05, 3.63) is 50.9 Å². The van der Waals surface area contributed by atoms with Crippen molar-refractivity contribution in [2.45, 2.75) is 6.92 Å². The van der Waals surface area contributed by atoms with E-state index in [4.69, 9.17) is 16.9 Å². The molecular weight excluding hydrogens is 256 g/mol. The van der Waals surface area contributed by atoms with Gasteiger partial charge in [-0.15, -0.1) is 0 Å². The predicted octanol–water partition coefficient (Wildman–Crippen LogP) is 2.61. The molecule has 1 aromatic carbocycles. The number of imidazole rings is 1. The normalized spacial score (nSPS) is 10.1. The Balaban J connectivity index is 2.68. The topological polar surface area (TPSA) is 84.8 Å². The van der Waals surface area contributed by atoms with Gasteiger partial charge in [-0.05, 0) is 34.2 Å². The monoisotopic (exact) mass is 262 g/mol.